The Bertz CT molecular complexity index is 427. The normalized spacial score (nSPS) is 10.7. The number of hydrogen-bond donors (Lipinski definition) is 1. The molecule has 1 N–H and O–H groups in total. The van der Waals surface area contributed by atoms with Crippen LogP contribution in [0.25, 0.3) is 0 Å². The van der Waals surface area contributed by atoms with Gasteiger partial charge >= 0.3 is 5.97 Å². The molecule has 100 valence electrons. The average Bonchev–Trinajstić information content (AvgIpc) is 2.76. The monoisotopic (exact) mass is 271 g/mol. The van der Waals surface area contributed by atoms with E-state index in [1.165, 1.54) is 16.7 Å². The van der Waals surface area contributed by atoms with Gasteiger partial charge in [0, 0.05) is 12.6 Å². The lowest BCUT2D eigenvalue weighted by Gasteiger charge is -2.25. The average molecular weight is 271 g/mol. The third-order valence-electron chi connectivity index (χ3n) is 2.44. The highest BCUT2D eigenvalue weighted by Gasteiger charge is 2.22. The van der Waals surface area contributed by atoms with Crippen molar-refractivity contribution < 1.29 is 19.1 Å². The molecule has 1 aromatic heterocycles. The van der Waals surface area contributed by atoms with Gasteiger partial charge in [-0.25, -0.2) is 0 Å². The van der Waals surface area contributed by atoms with E-state index in [2.05, 4.69) is 0 Å². The number of nitrogens with zero attached hydrogens (tertiary/aromatic N) is 1. The highest BCUT2D eigenvalue weighted by atomic mass is 32.2. The maximum Gasteiger partial charge on any atom is 0.305 e. The molecule has 1 amide bonds. The molecule has 0 spiro atoms. The highest BCUT2D eigenvalue weighted by molar-refractivity contribution is 7.98. The molecular formula is C12H17NO4S. The zero-order valence-corrected chi connectivity index (χ0v) is 11.5. The minimum absolute atomic E-state index is 0.0694. The molecule has 1 rings (SSSR count). The number of carbonyl (C=O) groups excluding carboxylic acids is 1. The number of aliphatic carboxylic acids is 1. The van der Waals surface area contributed by atoms with Gasteiger partial charge < -0.3 is 14.4 Å². The number of carboxylic acids is 1. The van der Waals surface area contributed by atoms with Gasteiger partial charge in [-0.2, -0.15) is 0 Å². The Balaban J connectivity index is 2.78. The number of carboxylic acid groups (broad SMARTS) is 1. The van der Waals surface area contributed by atoms with Crippen molar-refractivity contribution in [2.24, 2.45) is 0 Å². The molecule has 6 heteroatoms. The fourth-order valence-electron chi connectivity index (χ4n) is 1.50. The lowest BCUT2D eigenvalue weighted by molar-refractivity contribution is -0.137. The fraction of sp³-hybridized carbons (Fsp3) is 0.500. The first-order chi connectivity index (χ1) is 8.45. The summed E-state index contributed by atoms with van der Waals surface area (Å²) in [6.07, 6.45) is 1.79. The Labute approximate surface area is 110 Å². The summed E-state index contributed by atoms with van der Waals surface area (Å²) in [7, 11) is 0. The van der Waals surface area contributed by atoms with Gasteiger partial charge in [-0.05, 0) is 32.2 Å². The summed E-state index contributed by atoms with van der Waals surface area (Å²) in [4.78, 5) is 24.2. The molecule has 0 aliphatic rings. The van der Waals surface area contributed by atoms with E-state index in [1.54, 1.807) is 12.1 Å². The smallest absolute Gasteiger partial charge is 0.305 e. The van der Waals surface area contributed by atoms with Gasteiger partial charge in [0.05, 0.1) is 6.42 Å². The Morgan fingerprint density at radius 2 is 2.11 bits per heavy atom. The summed E-state index contributed by atoms with van der Waals surface area (Å²) >= 11 is 1.41. The molecular weight excluding hydrogens is 254 g/mol. The zero-order chi connectivity index (χ0) is 13.7. The number of thioether (sulfide) groups is 1. The summed E-state index contributed by atoms with van der Waals surface area (Å²) in [5.74, 6) is -0.942. The predicted molar refractivity (Wildman–Crippen MR) is 68.9 cm³/mol. The van der Waals surface area contributed by atoms with Gasteiger partial charge in [0.2, 0.25) is 0 Å². The third kappa shape index (κ3) is 3.80. The van der Waals surface area contributed by atoms with Crippen LogP contribution in [0.1, 0.15) is 30.8 Å². The number of furan rings is 1. The van der Waals surface area contributed by atoms with E-state index >= 15 is 0 Å². The number of hydrogen-bond acceptors (Lipinski definition) is 4. The van der Waals surface area contributed by atoms with Gasteiger partial charge in [0.15, 0.2) is 10.9 Å². The second-order valence-electron chi connectivity index (χ2n) is 4.06. The molecule has 0 atom stereocenters. The zero-order valence-electron chi connectivity index (χ0n) is 10.7. The van der Waals surface area contributed by atoms with Crippen LogP contribution in [0.2, 0.25) is 0 Å². The van der Waals surface area contributed by atoms with Crippen LogP contribution in [0.5, 0.6) is 0 Å². The van der Waals surface area contributed by atoms with Gasteiger partial charge in [-0.15, -0.1) is 0 Å². The van der Waals surface area contributed by atoms with Crippen LogP contribution in [0.3, 0.4) is 0 Å². The predicted octanol–water partition coefficient (Wildman–Crippen LogP) is 2.33. The molecule has 1 aromatic rings. The van der Waals surface area contributed by atoms with E-state index in [1.807, 2.05) is 20.1 Å². The molecule has 0 saturated heterocycles. The van der Waals surface area contributed by atoms with Gasteiger partial charge in [-0.1, -0.05) is 11.8 Å². The van der Waals surface area contributed by atoms with E-state index in [-0.39, 0.29) is 30.7 Å². The van der Waals surface area contributed by atoms with E-state index < -0.39 is 5.97 Å². The van der Waals surface area contributed by atoms with Gasteiger partial charge in [0.25, 0.3) is 5.91 Å². The van der Waals surface area contributed by atoms with Crippen LogP contribution in [0.4, 0.5) is 0 Å². The minimum atomic E-state index is -0.919. The van der Waals surface area contributed by atoms with Crippen molar-refractivity contribution in [3.8, 4) is 0 Å². The van der Waals surface area contributed by atoms with Crippen LogP contribution in [-0.4, -0.2) is 40.7 Å². The number of carbonyl (C=O) groups is 2. The summed E-state index contributed by atoms with van der Waals surface area (Å²) in [6, 6.07) is 3.28. The Morgan fingerprint density at radius 3 is 2.56 bits per heavy atom. The Kier molecular flexibility index (Phi) is 5.27. The summed E-state index contributed by atoms with van der Waals surface area (Å²) < 4.78 is 5.36. The molecule has 5 nitrogen and oxygen atoms in total. The molecule has 0 saturated carbocycles. The topological polar surface area (TPSA) is 70.8 Å². The fourth-order valence-corrected chi connectivity index (χ4v) is 1.87. The van der Waals surface area contributed by atoms with Crippen molar-refractivity contribution in [1.29, 1.82) is 0 Å². The number of amides is 1. The van der Waals surface area contributed by atoms with Crippen molar-refractivity contribution in [2.45, 2.75) is 31.4 Å². The largest absolute Gasteiger partial charge is 0.481 e. The summed E-state index contributed by atoms with van der Waals surface area (Å²) in [5, 5.41) is 9.34. The lowest BCUT2D eigenvalue weighted by Crippen LogP contribution is -2.38. The van der Waals surface area contributed by atoms with Crippen LogP contribution in [-0.2, 0) is 4.79 Å². The standard InChI is InChI=1S/C12H17NO4S/c1-8(2)13(7-6-10(14)15)12(16)9-4-5-11(17-9)18-3/h4-5,8H,6-7H2,1-3H3,(H,14,15). The van der Waals surface area contributed by atoms with Crippen LogP contribution < -0.4 is 0 Å². The van der Waals surface area contributed by atoms with E-state index in [0.29, 0.717) is 5.09 Å². The highest BCUT2D eigenvalue weighted by Crippen LogP contribution is 2.20. The van der Waals surface area contributed by atoms with Gasteiger partial charge in [0.1, 0.15) is 0 Å². The Morgan fingerprint density at radius 1 is 1.44 bits per heavy atom. The first-order valence-corrected chi connectivity index (χ1v) is 6.84. The van der Waals surface area contributed by atoms with Crippen LogP contribution >= 0.6 is 11.8 Å². The SMILES string of the molecule is CSc1ccc(C(=O)N(CCC(=O)O)C(C)C)o1. The van der Waals surface area contributed by atoms with E-state index in [0.717, 1.165) is 0 Å². The van der Waals surface area contributed by atoms with Crippen molar-refractivity contribution in [3.05, 3.63) is 17.9 Å². The quantitative estimate of drug-likeness (QED) is 0.804. The van der Waals surface area contributed by atoms with Crippen molar-refractivity contribution in [2.75, 3.05) is 12.8 Å². The van der Waals surface area contributed by atoms with E-state index in [4.69, 9.17) is 9.52 Å². The molecule has 0 aromatic carbocycles. The summed E-state index contributed by atoms with van der Waals surface area (Å²) in [6.45, 7) is 3.87. The van der Waals surface area contributed by atoms with Crippen molar-refractivity contribution in [3.63, 3.8) is 0 Å². The molecule has 1 heterocycles. The molecule has 0 bridgehead atoms. The Hall–Kier alpha value is -1.43. The van der Waals surface area contributed by atoms with Crippen LogP contribution in [0, 0.1) is 0 Å². The molecule has 18 heavy (non-hydrogen) atoms. The third-order valence-corrected chi connectivity index (χ3v) is 3.07. The second-order valence-corrected chi connectivity index (χ2v) is 4.87. The van der Waals surface area contributed by atoms with Crippen molar-refractivity contribution in [1.82, 2.24) is 4.90 Å². The molecule has 0 aliphatic heterocycles. The summed E-state index contributed by atoms with van der Waals surface area (Å²) in [5.41, 5.74) is 0. The maximum atomic E-state index is 12.2. The molecule has 0 aliphatic carbocycles. The maximum absolute atomic E-state index is 12.2. The molecule has 0 radical (unpaired) electrons. The first kappa shape index (κ1) is 14.6. The minimum Gasteiger partial charge on any atom is -0.481 e. The van der Waals surface area contributed by atoms with Crippen LogP contribution in [0.15, 0.2) is 21.6 Å². The molecule has 0 fully saturated rings. The van der Waals surface area contributed by atoms with E-state index in [9.17, 15) is 9.59 Å². The first-order valence-electron chi connectivity index (χ1n) is 5.62. The molecule has 0 unspecified atom stereocenters. The number of rotatable bonds is 6. The van der Waals surface area contributed by atoms with Gasteiger partial charge in [-0.3, -0.25) is 9.59 Å². The lowest BCUT2D eigenvalue weighted by atomic mass is 10.2. The van der Waals surface area contributed by atoms with Crippen molar-refractivity contribution >= 4 is 23.6 Å². The second kappa shape index (κ2) is 6.49.